The molecule has 3 fully saturated rings. The number of hydrogen-bond donors (Lipinski definition) is 0. The first-order valence-electron chi connectivity index (χ1n) is 11.2. The summed E-state index contributed by atoms with van der Waals surface area (Å²) in [5, 5.41) is 0. The minimum absolute atomic E-state index is 0.0395. The van der Waals surface area contributed by atoms with Crippen LogP contribution in [0.15, 0.2) is 23.5 Å². The lowest BCUT2D eigenvalue weighted by atomic mass is 9.47. The summed E-state index contributed by atoms with van der Waals surface area (Å²) in [7, 11) is 0. The van der Waals surface area contributed by atoms with Crippen LogP contribution in [-0.2, 0) is 14.3 Å². The van der Waals surface area contributed by atoms with Gasteiger partial charge in [0.2, 0.25) is 0 Å². The van der Waals surface area contributed by atoms with Crippen molar-refractivity contribution in [3.63, 3.8) is 0 Å². The van der Waals surface area contributed by atoms with Gasteiger partial charge in [0.25, 0.3) is 0 Å². The van der Waals surface area contributed by atoms with Crippen LogP contribution in [0.4, 0.5) is 0 Å². The molecule has 5 aliphatic rings. The van der Waals surface area contributed by atoms with Crippen LogP contribution in [0.2, 0.25) is 0 Å². The van der Waals surface area contributed by atoms with Crippen molar-refractivity contribution in [3.8, 4) is 0 Å². The van der Waals surface area contributed by atoms with Crippen molar-refractivity contribution in [1.82, 2.24) is 0 Å². The molecule has 1 saturated heterocycles. The number of carbonyl (C=O) groups is 1. The minimum atomic E-state index is -0.154. The fourth-order valence-electron chi connectivity index (χ4n) is 7.89. The summed E-state index contributed by atoms with van der Waals surface area (Å²) in [6, 6.07) is 0. The Morgan fingerprint density at radius 3 is 2.67 bits per heavy atom. The van der Waals surface area contributed by atoms with Gasteiger partial charge in [-0.15, -0.1) is 0 Å². The molecule has 5 rings (SSSR count). The second-order valence-corrected chi connectivity index (χ2v) is 10.2. The van der Waals surface area contributed by atoms with E-state index in [4.69, 9.17) is 9.47 Å². The smallest absolute Gasteiger partial charge is 0.306 e. The highest BCUT2D eigenvalue weighted by Crippen LogP contribution is 2.69. The topological polar surface area (TPSA) is 35.5 Å². The van der Waals surface area contributed by atoms with Crippen LogP contribution in [0.1, 0.15) is 78.6 Å². The standard InChI is InChI=1S/C24H34O3/c1-4-26-17-7-11-22(2)16(15-17)5-6-18-19(22)8-12-23(3)20(18)9-13-24(23)14-10-21(25)27-24/h5,15,18-20H,4,6-14H2,1-3H3/t18-,19+,20-,22+,23+,24-/m1/s1. The molecule has 1 spiro atoms. The van der Waals surface area contributed by atoms with Gasteiger partial charge in [0, 0.05) is 18.3 Å². The molecule has 0 amide bonds. The van der Waals surface area contributed by atoms with Crippen LogP contribution in [0.5, 0.6) is 0 Å². The first kappa shape index (κ1) is 17.8. The molecule has 1 heterocycles. The predicted molar refractivity (Wildman–Crippen MR) is 105 cm³/mol. The fraction of sp³-hybridized carbons (Fsp3) is 0.792. The Bertz CT molecular complexity index is 721. The van der Waals surface area contributed by atoms with Crippen LogP contribution >= 0.6 is 0 Å². The molecule has 6 atom stereocenters. The number of esters is 1. The maximum absolute atomic E-state index is 12.0. The highest BCUT2D eigenvalue weighted by Gasteiger charge is 2.66. The predicted octanol–water partition coefficient (Wildman–Crippen LogP) is 5.56. The molecule has 0 aromatic carbocycles. The summed E-state index contributed by atoms with van der Waals surface area (Å²) in [5.74, 6) is 3.44. The Kier molecular flexibility index (Phi) is 3.88. The zero-order chi connectivity index (χ0) is 18.9. The molecule has 0 radical (unpaired) electrons. The van der Waals surface area contributed by atoms with E-state index in [1.807, 2.05) is 0 Å². The van der Waals surface area contributed by atoms with E-state index in [2.05, 4.69) is 32.9 Å². The Balaban J connectivity index is 1.46. The second-order valence-electron chi connectivity index (χ2n) is 10.2. The van der Waals surface area contributed by atoms with Crippen molar-refractivity contribution in [2.45, 2.75) is 84.2 Å². The Labute approximate surface area is 163 Å². The van der Waals surface area contributed by atoms with Gasteiger partial charge in [-0.25, -0.2) is 0 Å². The minimum Gasteiger partial charge on any atom is -0.498 e. The largest absolute Gasteiger partial charge is 0.498 e. The van der Waals surface area contributed by atoms with Gasteiger partial charge >= 0.3 is 5.97 Å². The zero-order valence-electron chi connectivity index (χ0n) is 17.2. The Morgan fingerprint density at radius 2 is 1.93 bits per heavy atom. The van der Waals surface area contributed by atoms with Crippen LogP contribution in [0.25, 0.3) is 0 Å². The Morgan fingerprint density at radius 1 is 1.11 bits per heavy atom. The quantitative estimate of drug-likeness (QED) is 0.597. The normalized spacial score (nSPS) is 48.3. The van der Waals surface area contributed by atoms with E-state index in [0.717, 1.165) is 37.7 Å². The van der Waals surface area contributed by atoms with Gasteiger partial charge in [0.15, 0.2) is 0 Å². The third-order valence-electron chi connectivity index (χ3n) is 9.39. The van der Waals surface area contributed by atoms with Gasteiger partial charge in [0.1, 0.15) is 5.60 Å². The van der Waals surface area contributed by atoms with Gasteiger partial charge in [-0.2, -0.15) is 0 Å². The van der Waals surface area contributed by atoms with E-state index >= 15 is 0 Å². The van der Waals surface area contributed by atoms with E-state index in [1.54, 1.807) is 0 Å². The summed E-state index contributed by atoms with van der Waals surface area (Å²) in [5.41, 5.74) is 1.86. The third kappa shape index (κ3) is 2.29. The highest BCUT2D eigenvalue weighted by atomic mass is 16.6. The number of carbonyl (C=O) groups excluding carboxylic acids is 1. The first-order valence-corrected chi connectivity index (χ1v) is 11.2. The van der Waals surface area contributed by atoms with Gasteiger partial charge < -0.3 is 9.47 Å². The number of rotatable bonds is 2. The molecule has 1 aliphatic heterocycles. The number of hydrogen-bond acceptors (Lipinski definition) is 3. The van der Waals surface area contributed by atoms with E-state index in [0.29, 0.717) is 17.8 Å². The van der Waals surface area contributed by atoms with Crippen LogP contribution in [0, 0.1) is 28.6 Å². The molecule has 0 aromatic heterocycles. The summed E-state index contributed by atoms with van der Waals surface area (Å²) >= 11 is 0. The molecule has 27 heavy (non-hydrogen) atoms. The molecular formula is C24H34O3. The van der Waals surface area contributed by atoms with Gasteiger partial charge in [-0.3, -0.25) is 4.79 Å². The Hall–Kier alpha value is -1.25. The lowest BCUT2D eigenvalue weighted by Gasteiger charge is -2.58. The molecule has 3 heteroatoms. The van der Waals surface area contributed by atoms with Crippen LogP contribution in [0.3, 0.4) is 0 Å². The van der Waals surface area contributed by atoms with Crippen molar-refractivity contribution in [3.05, 3.63) is 23.5 Å². The SMILES string of the molecule is CCOC1=CC2=CC[C@H]3[C@H]4CC[C@@]5(CCC(=O)O5)[C@@]4(C)CC[C@@H]3[C@@]2(C)CC1. The second kappa shape index (κ2) is 5.87. The molecule has 0 aromatic rings. The van der Waals surface area contributed by atoms with Gasteiger partial charge in [-0.05, 0) is 86.7 Å². The summed E-state index contributed by atoms with van der Waals surface area (Å²) < 4.78 is 11.9. The summed E-state index contributed by atoms with van der Waals surface area (Å²) in [6.45, 7) is 7.81. The average Bonchev–Trinajstić information content (AvgIpc) is 3.16. The van der Waals surface area contributed by atoms with E-state index < -0.39 is 0 Å². The molecular weight excluding hydrogens is 336 g/mol. The molecule has 2 saturated carbocycles. The molecule has 3 nitrogen and oxygen atoms in total. The average molecular weight is 371 g/mol. The van der Waals surface area contributed by atoms with Crippen LogP contribution < -0.4 is 0 Å². The maximum atomic E-state index is 12.0. The highest BCUT2D eigenvalue weighted by molar-refractivity contribution is 5.72. The molecule has 148 valence electrons. The van der Waals surface area contributed by atoms with Gasteiger partial charge in [0.05, 0.1) is 12.4 Å². The van der Waals surface area contributed by atoms with Crippen molar-refractivity contribution in [1.29, 1.82) is 0 Å². The van der Waals surface area contributed by atoms with E-state index in [-0.39, 0.29) is 17.0 Å². The molecule has 4 aliphatic carbocycles. The molecule has 0 bridgehead atoms. The molecule has 0 unspecified atom stereocenters. The van der Waals surface area contributed by atoms with Gasteiger partial charge in [-0.1, -0.05) is 19.9 Å². The maximum Gasteiger partial charge on any atom is 0.306 e. The molecule has 0 N–H and O–H groups in total. The van der Waals surface area contributed by atoms with Crippen molar-refractivity contribution in [2.24, 2.45) is 28.6 Å². The van der Waals surface area contributed by atoms with Crippen molar-refractivity contribution in [2.75, 3.05) is 6.61 Å². The summed E-state index contributed by atoms with van der Waals surface area (Å²) in [6.07, 6.45) is 14.8. The zero-order valence-corrected chi connectivity index (χ0v) is 17.2. The van der Waals surface area contributed by atoms with Crippen molar-refractivity contribution >= 4 is 5.97 Å². The monoisotopic (exact) mass is 370 g/mol. The van der Waals surface area contributed by atoms with Crippen LogP contribution in [-0.4, -0.2) is 18.2 Å². The number of ether oxygens (including phenoxy) is 2. The van der Waals surface area contributed by atoms with Crippen molar-refractivity contribution < 1.29 is 14.3 Å². The lowest BCUT2D eigenvalue weighted by Crippen LogP contribution is -2.54. The summed E-state index contributed by atoms with van der Waals surface area (Å²) in [4.78, 5) is 12.0. The lowest BCUT2D eigenvalue weighted by molar-refractivity contribution is -0.167. The first-order chi connectivity index (χ1) is 12.9. The third-order valence-corrected chi connectivity index (χ3v) is 9.39. The number of allylic oxidation sites excluding steroid dienone is 4. The van der Waals surface area contributed by atoms with E-state index in [1.165, 1.54) is 43.4 Å². The fourth-order valence-corrected chi connectivity index (χ4v) is 7.89. The number of fused-ring (bicyclic) bond motifs is 6. The van der Waals surface area contributed by atoms with E-state index in [9.17, 15) is 4.79 Å².